The Labute approximate surface area is 122 Å². The third-order valence-electron chi connectivity index (χ3n) is 3.48. The number of halogens is 1. The Hall–Kier alpha value is -1.75. The number of hydrogen-bond acceptors (Lipinski definition) is 3. The summed E-state index contributed by atoms with van der Waals surface area (Å²) in [5.74, 6) is 0.414. The number of amides is 3. The molecule has 1 aromatic rings. The highest BCUT2D eigenvalue weighted by atomic mass is 35.5. The number of carbonyl (C=O) groups is 2. The molecule has 0 unspecified atom stereocenters. The summed E-state index contributed by atoms with van der Waals surface area (Å²) in [5, 5.41) is 0.520. The third-order valence-corrected chi connectivity index (χ3v) is 3.79. The Morgan fingerprint density at radius 2 is 2.00 bits per heavy atom. The second kappa shape index (κ2) is 5.32. The van der Waals surface area contributed by atoms with E-state index in [0.29, 0.717) is 10.8 Å². The summed E-state index contributed by atoms with van der Waals surface area (Å²) in [6.45, 7) is 0.710. The molecule has 1 saturated carbocycles. The Morgan fingerprint density at radius 3 is 2.70 bits per heavy atom. The lowest BCUT2D eigenvalue weighted by atomic mass is 10.3. The van der Waals surface area contributed by atoms with E-state index < -0.39 is 0 Å². The molecule has 1 aliphatic carbocycles. The lowest BCUT2D eigenvalue weighted by Crippen LogP contribution is -2.36. The van der Waals surface area contributed by atoms with Crippen LogP contribution in [0.5, 0.6) is 5.75 Å². The quantitative estimate of drug-likeness (QED) is 0.782. The van der Waals surface area contributed by atoms with Crippen molar-refractivity contribution in [2.45, 2.75) is 18.9 Å². The molecule has 6 heteroatoms. The van der Waals surface area contributed by atoms with Gasteiger partial charge in [0.1, 0.15) is 18.9 Å². The first-order valence-electron chi connectivity index (χ1n) is 6.65. The van der Waals surface area contributed by atoms with Crippen LogP contribution in [0.4, 0.5) is 4.79 Å². The van der Waals surface area contributed by atoms with Gasteiger partial charge < -0.3 is 9.64 Å². The number of ether oxygens (including phenoxy) is 1. The first kappa shape index (κ1) is 13.2. The van der Waals surface area contributed by atoms with E-state index in [0.717, 1.165) is 12.8 Å². The molecule has 1 heterocycles. The molecule has 3 rings (SSSR count). The van der Waals surface area contributed by atoms with Crippen LogP contribution in [0, 0.1) is 0 Å². The average molecular weight is 295 g/mol. The summed E-state index contributed by atoms with van der Waals surface area (Å²) >= 11 is 5.97. The number of benzene rings is 1. The molecule has 3 amide bonds. The Bertz CT molecular complexity index is 545. The van der Waals surface area contributed by atoms with E-state index in [-0.39, 0.29) is 37.7 Å². The minimum absolute atomic E-state index is 0.148. The maximum atomic E-state index is 12.1. The van der Waals surface area contributed by atoms with Crippen molar-refractivity contribution in [2.24, 2.45) is 0 Å². The summed E-state index contributed by atoms with van der Waals surface area (Å²) in [6.07, 6.45) is 2.01. The van der Waals surface area contributed by atoms with Crippen LogP contribution in [-0.2, 0) is 4.79 Å². The normalized spacial score (nSPS) is 18.9. The predicted octanol–water partition coefficient (Wildman–Crippen LogP) is 2.15. The van der Waals surface area contributed by atoms with Crippen molar-refractivity contribution in [3.63, 3.8) is 0 Å². The molecule has 0 aromatic heterocycles. The molecule has 106 valence electrons. The number of para-hydroxylation sites is 1. The van der Waals surface area contributed by atoms with Gasteiger partial charge in [0.05, 0.1) is 11.6 Å². The molecule has 0 atom stereocenters. The van der Waals surface area contributed by atoms with Gasteiger partial charge in [0.25, 0.3) is 0 Å². The van der Waals surface area contributed by atoms with Crippen molar-refractivity contribution < 1.29 is 14.3 Å². The molecular weight excluding hydrogens is 280 g/mol. The average Bonchev–Trinajstić information content (AvgIpc) is 3.22. The van der Waals surface area contributed by atoms with Crippen LogP contribution in [0.3, 0.4) is 0 Å². The molecule has 0 radical (unpaired) electrons. The van der Waals surface area contributed by atoms with Gasteiger partial charge in [-0.1, -0.05) is 23.7 Å². The topological polar surface area (TPSA) is 49.9 Å². The number of urea groups is 1. The van der Waals surface area contributed by atoms with E-state index in [9.17, 15) is 9.59 Å². The number of rotatable bonds is 5. The van der Waals surface area contributed by atoms with Crippen LogP contribution >= 0.6 is 11.6 Å². The van der Waals surface area contributed by atoms with Gasteiger partial charge in [0.15, 0.2) is 0 Å². The van der Waals surface area contributed by atoms with Crippen molar-refractivity contribution >= 4 is 23.5 Å². The Balaban J connectivity index is 1.54. The first-order chi connectivity index (χ1) is 9.66. The summed E-state index contributed by atoms with van der Waals surface area (Å²) in [7, 11) is 0. The van der Waals surface area contributed by atoms with E-state index in [4.69, 9.17) is 16.3 Å². The summed E-state index contributed by atoms with van der Waals surface area (Å²) in [4.78, 5) is 26.8. The zero-order valence-electron chi connectivity index (χ0n) is 10.9. The third kappa shape index (κ3) is 2.58. The second-order valence-electron chi connectivity index (χ2n) is 4.97. The van der Waals surface area contributed by atoms with E-state index >= 15 is 0 Å². The number of nitrogens with zero attached hydrogens (tertiary/aromatic N) is 2. The van der Waals surface area contributed by atoms with E-state index in [1.165, 1.54) is 4.90 Å². The van der Waals surface area contributed by atoms with Gasteiger partial charge in [-0.15, -0.1) is 0 Å². The Kier molecular flexibility index (Phi) is 3.53. The molecule has 0 spiro atoms. The van der Waals surface area contributed by atoms with Crippen molar-refractivity contribution in [1.82, 2.24) is 9.80 Å². The molecule has 1 aromatic carbocycles. The second-order valence-corrected chi connectivity index (χ2v) is 5.37. The molecule has 0 N–H and O–H groups in total. The highest BCUT2D eigenvalue weighted by molar-refractivity contribution is 6.32. The molecular formula is C14H15ClN2O3. The molecule has 5 nitrogen and oxygen atoms in total. The van der Waals surface area contributed by atoms with Gasteiger partial charge >= 0.3 is 6.03 Å². The minimum atomic E-state index is -0.194. The maximum Gasteiger partial charge on any atom is 0.327 e. The highest BCUT2D eigenvalue weighted by Crippen LogP contribution is 2.30. The molecule has 2 aliphatic rings. The Morgan fingerprint density at radius 1 is 1.25 bits per heavy atom. The van der Waals surface area contributed by atoms with Crippen LogP contribution in [-0.4, -0.2) is 47.5 Å². The molecule has 2 fully saturated rings. The standard InChI is InChI=1S/C14H15ClN2O3/c15-11-3-1-2-4-12(11)20-8-7-16-13(18)9-17(14(16)19)10-5-6-10/h1-4,10H,5-9H2. The van der Waals surface area contributed by atoms with Crippen LogP contribution in [0.1, 0.15) is 12.8 Å². The number of imide groups is 1. The van der Waals surface area contributed by atoms with Crippen molar-refractivity contribution in [1.29, 1.82) is 0 Å². The van der Waals surface area contributed by atoms with Crippen LogP contribution in [0.25, 0.3) is 0 Å². The lowest BCUT2D eigenvalue weighted by Gasteiger charge is -2.16. The molecule has 0 bridgehead atoms. The largest absolute Gasteiger partial charge is 0.490 e. The number of carbonyl (C=O) groups excluding carboxylic acids is 2. The SMILES string of the molecule is O=C1CN(C2CC2)C(=O)N1CCOc1ccccc1Cl. The fourth-order valence-corrected chi connectivity index (χ4v) is 2.45. The van der Waals surface area contributed by atoms with Crippen LogP contribution in [0.15, 0.2) is 24.3 Å². The lowest BCUT2D eigenvalue weighted by molar-refractivity contribution is -0.125. The van der Waals surface area contributed by atoms with Crippen molar-refractivity contribution in [3.8, 4) is 5.75 Å². The monoisotopic (exact) mass is 294 g/mol. The van der Waals surface area contributed by atoms with Crippen molar-refractivity contribution in [2.75, 3.05) is 19.7 Å². The van der Waals surface area contributed by atoms with E-state index in [2.05, 4.69) is 0 Å². The summed E-state index contributed by atoms with van der Waals surface area (Å²) < 4.78 is 5.51. The van der Waals surface area contributed by atoms with Gasteiger partial charge in [0, 0.05) is 6.04 Å². The maximum absolute atomic E-state index is 12.1. The predicted molar refractivity (Wildman–Crippen MR) is 73.8 cm³/mol. The van der Waals surface area contributed by atoms with Crippen LogP contribution < -0.4 is 4.74 Å². The molecule has 1 aliphatic heterocycles. The van der Waals surface area contributed by atoms with Gasteiger partial charge in [-0.2, -0.15) is 0 Å². The molecule has 20 heavy (non-hydrogen) atoms. The van der Waals surface area contributed by atoms with Crippen molar-refractivity contribution in [3.05, 3.63) is 29.3 Å². The van der Waals surface area contributed by atoms with Gasteiger partial charge in [-0.25, -0.2) is 4.79 Å². The van der Waals surface area contributed by atoms with E-state index in [1.807, 2.05) is 12.1 Å². The fourth-order valence-electron chi connectivity index (χ4n) is 2.26. The highest BCUT2D eigenvalue weighted by Gasteiger charge is 2.43. The number of hydrogen-bond donors (Lipinski definition) is 0. The zero-order valence-corrected chi connectivity index (χ0v) is 11.7. The summed E-state index contributed by atoms with van der Waals surface area (Å²) in [6, 6.07) is 7.20. The summed E-state index contributed by atoms with van der Waals surface area (Å²) in [5.41, 5.74) is 0. The zero-order chi connectivity index (χ0) is 14.1. The van der Waals surface area contributed by atoms with Gasteiger partial charge in [0.2, 0.25) is 5.91 Å². The van der Waals surface area contributed by atoms with E-state index in [1.54, 1.807) is 17.0 Å². The smallest absolute Gasteiger partial charge is 0.327 e. The first-order valence-corrected chi connectivity index (χ1v) is 7.03. The van der Waals surface area contributed by atoms with Gasteiger partial charge in [-0.3, -0.25) is 9.69 Å². The van der Waals surface area contributed by atoms with Gasteiger partial charge in [-0.05, 0) is 25.0 Å². The molecule has 1 saturated heterocycles. The fraction of sp³-hybridized carbons (Fsp3) is 0.429. The van der Waals surface area contributed by atoms with Crippen LogP contribution in [0.2, 0.25) is 5.02 Å². The minimum Gasteiger partial charge on any atom is -0.490 e.